The van der Waals surface area contributed by atoms with Gasteiger partial charge in [-0.25, -0.2) is 18.9 Å². The van der Waals surface area contributed by atoms with Gasteiger partial charge in [-0.2, -0.15) is 0 Å². The van der Waals surface area contributed by atoms with Crippen LogP contribution in [0.4, 0.5) is 19.4 Å². The molecule has 1 atom stereocenters. The number of carbonyl (C=O) groups excluding carboxylic acids is 2. The van der Waals surface area contributed by atoms with E-state index in [0.717, 1.165) is 12.3 Å². The van der Waals surface area contributed by atoms with Crippen molar-refractivity contribution in [1.82, 2.24) is 30.3 Å². The molecule has 3 rings (SSSR count). The maximum absolute atomic E-state index is 14.7. The summed E-state index contributed by atoms with van der Waals surface area (Å²) in [4.78, 5) is 32.3. The zero-order chi connectivity index (χ0) is 24.0. The zero-order valence-electron chi connectivity index (χ0n) is 17.7. The summed E-state index contributed by atoms with van der Waals surface area (Å²) in [5.74, 6) is -1.43. The lowest BCUT2D eigenvalue weighted by molar-refractivity contribution is 0.0951. The minimum Gasteiger partial charge on any atom is -0.441 e. The Morgan fingerprint density at radius 1 is 1.30 bits per heavy atom. The van der Waals surface area contributed by atoms with Crippen LogP contribution in [0.3, 0.4) is 0 Å². The van der Waals surface area contributed by atoms with Crippen molar-refractivity contribution < 1.29 is 23.1 Å². The second-order valence-corrected chi connectivity index (χ2v) is 7.18. The molecule has 0 saturated carbocycles. The average Bonchev–Trinajstić information content (AvgIpc) is 3.13. The first-order chi connectivity index (χ1) is 15.8. The Morgan fingerprint density at radius 2 is 2.09 bits per heavy atom. The smallest absolute Gasteiger partial charge is 0.413 e. The molecular formula is C20H20ClF2N7O3. The van der Waals surface area contributed by atoms with Crippen LogP contribution in [-0.2, 0) is 11.8 Å². The lowest BCUT2D eigenvalue weighted by Gasteiger charge is -2.15. The summed E-state index contributed by atoms with van der Waals surface area (Å²) in [7, 11) is 1.48. The highest BCUT2D eigenvalue weighted by Crippen LogP contribution is 2.28. The molecule has 0 aliphatic carbocycles. The van der Waals surface area contributed by atoms with Crippen LogP contribution < -0.4 is 10.6 Å². The first-order valence-electron chi connectivity index (χ1n) is 9.79. The summed E-state index contributed by atoms with van der Waals surface area (Å²) in [6.45, 7) is 1.15. The number of amides is 2. The van der Waals surface area contributed by atoms with Crippen molar-refractivity contribution in [2.45, 2.75) is 19.4 Å². The average molecular weight is 480 g/mol. The quantitative estimate of drug-likeness (QED) is 0.374. The summed E-state index contributed by atoms with van der Waals surface area (Å²) in [6, 6.07) is 4.29. The van der Waals surface area contributed by atoms with Crippen molar-refractivity contribution >= 4 is 29.4 Å². The number of nitrogens with zero attached hydrogens (tertiary/aromatic N) is 5. The Morgan fingerprint density at radius 3 is 2.79 bits per heavy atom. The van der Waals surface area contributed by atoms with Crippen LogP contribution in [0, 0.1) is 5.82 Å². The number of ether oxygens (including phenoxy) is 1. The summed E-state index contributed by atoms with van der Waals surface area (Å²) in [5, 5.41) is 12.8. The Balaban J connectivity index is 1.76. The SMILES string of the molecule is CC(OC(=O)Nc1c(-c2ncc(C(=O)NCCCF)cc2F)nnn1C)c1cccnc1Cl. The molecule has 10 nitrogen and oxygen atoms in total. The Hall–Kier alpha value is -3.67. The Labute approximate surface area is 192 Å². The van der Waals surface area contributed by atoms with Gasteiger partial charge in [0.05, 0.1) is 12.2 Å². The number of anilines is 1. The Kier molecular flexibility index (Phi) is 7.83. The molecule has 174 valence electrons. The molecule has 0 aliphatic heterocycles. The number of nitrogens with one attached hydrogen (secondary N) is 2. The molecule has 2 amide bonds. The van der Waals surface area contributed by atoms with Gasteiger partial charge in [-0.1, -0.05) is 22.9 Å². The molecule has 0 spiro atoms. The van der Waals surface area contributed by atoms with Crippen LogP contribution in [-0.4, -0.2) is 50.2 Å². The van der Waals surface area contributed by atoms with Crippen LogP contribution in [0.25, 0.3) is 11.4 Å². The number of hydrogen-bond acceptors (Lipinski definition) is 7. The maximum Gasteiger partial charge on any atom is 0.413 e. The van der Waals surface area contributed by atoms with E-state index >= 15 is 0 Å². The van der Waals surface area contributed by atoms with E-state index < -0.39 is 30.6 Å². The van der Waals surface area contributed by atoms with Gasteiger partial charge in [0.15, 0.2) is 17.3 Å². The molecule has 13 heteroatoms. The second kappa shape index (κ2) is 10.8. The van der Waals surface area contributed by atoms with Crippen LogP contribution >= 0.6 is 11.6 Å². The van der Waals surface area contributed by atoms with Gasteiger partial charge in [0.25, 0.3) is 5.91 Å². The van der Waals surface area contributed by atoms with Gasteiger partial charge in [0.1, 0.15) is 17.0 Å². The van der Waals surface area contributed by atoms with Crippen LogP contribution in [0.15, 0.2) is 30.6 Å². The normalized spacial score (nSPS) is 11.7. The number of rotatable bonds is 8. The zero-order valence-corrected chi connectivity index (χ0v) is 18.4. The second-order valence-electron chi connectivity index (χ2n) is 6.82. The van der Waals surface area contributed by atoms with Crippen LogP contribution in [0.2, 0.25) is 5.15 Å². The fourth-order valence-electron chi connectivity index (χ4n) is 2.82. The number of alkyl halides is 1. The molecule has 0 aromatic carbocycles. The van der Waals surface area contributed by atoms with E-state index in [-0.39, 0.29) is 40.9 Å². The predicted octanol–water partition coefficient (Wildman–Crippen LogP) is 3.46. The van der Waals surface area contributed by atoms with Gasteiger partial charge >= 0.3 is 6.09 Å². The van der Waals surface area contributed by atoms with Crippen molar-refractivity contribution in [3.8, 4) is 11.4 Å². The number of pyridine rings is 2. The topological polar surface area (TPSA) is 124 Å². The van der Waals surface area contributed by atoms with E-state index in [4.69, 9.17) is 16.3 Å². The standard InChI is InChI=1S/C20H20ClF2N7O3/c1-11(13-5-3-7-24-17(13)21)33-20(32)27-18-16(28-29-30(18)2)15-14(23)9-12(10-26-15)19(31)25-8-4-6-22/h3,5,7,9-11H,4,6,8H2,1-2H3,(H,25,31)(H,27,32). The van der Waals surface area contributed by atoms with E-state index in [2.05, 4.69) is 30.9 Å². The first-order valence-corrected chi connectivity index (χ1v) is 10.2. The van der Waals surface area contributed by atoms with Gasteiger partial charge in [0.2, 0.25) is 0 Å². The van der Waals surface area contributed by atoms with E-state index in [1.54, 1.807) is 19.1 Å². The number of aryl methyl sites for hydroxylation is 1. The third-order valence-electron chi connectivity index (χ3n) is 4.48. The maximum atomic E-state index is 14.7. The number of halogens is 3. The van der Waals surface area contributed by atoms with Gasteiger partial charge < -0.3 is 10.1 Å². The first kappa shape index (κ1) is 24.0. The van der Waals surface area contributed by atoms with E-state index in [0.29, 0.717) is 5.56 Å². The molecular weight excluding hydrogens is 460 g/mol. The van der Waals surface area contributed by atoms with Crippen molar-refractivity contribution in [1.29, 1.82) is 0 Å². The van der Waals surface area contributed by atoms with Gasteiger partial charge in [-0.15, -0.1) is 5.10 Å². The molecule has 0 bridgehead atoms. The van der Waals surface area contributed by atoms with Gasteiger partial charge in [-0.05, 0) is 25.5 Å². The van der Waals surface area contributed by atoms with E-state index in [1.807, 2.05) is 0 Å². The van der Waals surface area contributed by atoms with Crippen LogP contribution in [0.5, 0.6) is 0 Å². The molecule has 33 heavy (non-hydrogen) atoms. The van der Waals surface area contributed by atoms with E-state index in [1.165, 1.54) is 17.9 Å². The molecule has 1 unspecified atom stereocenters. The highest BCUT2D eigenvalue weighted by molar-refractivity contribution is 6.30. The van der Waals surface area contributed by atoms with E-state index in [9.17, 15) is 18.4 Å². The Bertz CT molecular complexity index is 1160. The highest BCUT2D eigenvalue weighted by atomic mass is 35.5. The number of carbonyl (C=O) groups is 2. The number of aromatic nitrogens is 5. The van der Waals surface area contributed by atoms with Gasteiger partial charge in [0, 0.05) is 31.5 Å². The third kappa shape index (κ3) is 5.77. The molecule has 0 radical (unpaired) electrons. The summed E-state index contributed by atoms with van der Waals surface area (Å²) in [5.41, 5.74) is 0.159. The molecule has 0 aliphatic rings. The number of hydrogen-bond donors (Lipinski definition) is 2. The fraction of sp³-hybridized carbons (Fsp3) is 0.300. The molecule has 0 fully saturated rings. The van der Waals surface area contributed by atoms with Crippen molar-refractivity contribution in [3.63, 3.8) is 0 Å². The van der Waals surface area contributed by atoms with Crippen LogP contribution in [0.1, 0.15) is 35.4 Å². The van der Waals surface area contributed by atoms with Crippen molar-refractivity contribution in [2.75, 3.05) is 18.5 Å². The lowest BCUT2D eigenvalue weighted by Crippen LogP contribution is -2.25. The molecule has 3 aromatic heterocycles. The third-order valence-corrected chi connectivity index (χ3v) is 4.80. The summed E-state index contributed by atoms with van der Waals surface area (Å²) < 4.78 is 33.4. The highest BCUT2D eigenvalue weighted by Gasteiger charge is 2.23. The summed E-state index contributed by atoms with van der Waals surface area (Å²) >= 11 is 6.02. The monoisotopic (exact) mass is 479 g/mol. The molecule has 2 N–H and O–H groups in total. The molecule has 0 saturated heterocycles. The minimum atomic E-state index is -0.863. The predicted molar refractivity (Wildman–Crippen MR) is 115 cm³/mol. The largest absolute Gasteiger partial charge is 0.441 e. The lowest BCUT2D eigenvalue weighted by atomic mass is 10.2. The molecule has 3 aromatic rings. The van der Waals surface area contributed by atoms with Gasteiger partial charge in [-0.3, -0.25) is 19.5 Å². The summed E-state index contributed by atoms with van der Waals surface area (Å²) in [6.07, 6.45) is 1.22. The minimum absolute atomic E-state index is 0.0241. The van der Waals surface area contributed by atoms with Crippen molar-refractivity contribution in [2.24, 2.45) is 7.05 Å². The fourth-order valence-corrected chi connectivity index (χ4v) is 3.09. The molecule has 3 heterocycles. The van der Waals surface area contributed by atoms with Crippen molar-refractivity contribution in [3.05, 3.63) is 52.7 Å².